The molecule has 1 atom stereocenters. The predicted molar refractivity (Wildman–Crippen MR) is 65.6 cm³/mol. The Bertz CT molecular complexity index is 375. The zero-order valence-corrected chi connectivity index (χ0v) is 9.90. The first-order valence-corrected chi connectivity index (χ1v) is 6.44. The van der Waals surface area contributed by atoms with Crippen molar-refractivity contribution in [3.63, 3.8) is 0 Å². The van der Waals surface area contributed by atoms with Crippen molar-refractivity contribution in [3.05, 3.63) is 24.1 Å². The van der Waals surface area contributed by atoms with Gasteiger partial charge in [0, 0.05) is 25.2 Å². The van der Waals surface area contributed by atoms with E-state index in [1.54, 1.807) is 6.07 Å². The molecule has 0 spiro atoms. The summed E-state index contributed by atoms with van der Waals surface area (Å²) >= 11 is 0. The highest BCUT2D eigenvalue weighted by molar-refractivity contribution is 5.40. The molecule has 1 saturated heterocycles. The fraction of sp³-hybridized carbons (Fsp3) is 0.615. The van der Waals surface area contributed by atoms with Gasteiger partial charge < -0.3 is 10.2 Å². The third kappa shape index (κ3) is 2.57. The van der Waals surface area contributed by atoms with E-state index < -0.39 is 0 Å². The molecule has 92 valence electrons. The third-order valence-electron chi connectivity index (χ3n) is 3.60. The SMILES string of the molecule is Fc1ccc(N2CCCC2CNC2CC2)nc1. The van der Waals surface area contributed by atoms with Gasteiger partial charge >= 0.3 is 0 Å². The molecule has 3 nitrogen and oxygen atoms in total. The van der Waals surface area contributed by atoms with Crippen molar-refractivity contribution in [3.8, 4) is 0 Å². The molecule has 4 heteroatoms. The maximum Gasteiger partial charge on any atom is 0.141 e. The molecule has 17 heavy (non-hydrogen) atoms. The largest absolute Gasteiger partial charge is 0.352 e. The van der Waals surface area contributed by atoms with Gasteiger partial charge in [0.05, 0.1) is 6.20 Å². The first kappa shape index (κ1) is 11.0. The van der Waals surface area contributed by atoms with Crippen molar-refractivity contribution >= 4 is 5.82 Å². The quantitative estimate of drug-likeness (QED) is 0.864. The molecule has 0 radical (unpaired) electrons. The Morgan fingerprint density at radius 2 is 2.24 bits per heavy atom. The Kier molecular flexibility index (Phi) is 2.97. The van der Waals surface area contributed by atoms with Gasteiger partial charge in [-0.05, 0) is 37.8 Å². The van der Waals surface area contributed by atoms with Crippen molar-refractivity contribution in [2.24, 2.45) is 0 Å². The van der Waals surface area contributed by atoms with E-state index in [0.29, 0.717) is 6.04 Å². The third-order valence-corrected chi connectivity index (χ3v) is 3.60. The summed E-state index contributed by atoms with van der Waals surface area (Å²) in [6.07, 6.45) is 6.36. The lowest BCUT2D eigenvalue weighted by Crippen LogP contribution is -2.39. The first-order valence-electron chi connectivity index (χ1n) is 6.44. The number of anilines is 1. The van der Waals surface area contributed by atoms with Crippen LogP contribution in [-0.4, -0.2) is 30.2 Å². The van der Waals surface area contributed by atoms with Crippen LogP contribution in [0.5, 0.6) is 0 Å². The van der Waals surface area contributed by atoms with Gasteiger partial charge in [0.25, 0.3) is 0 Å². The summed E-state index contributed by atoms with van der Waals surface area (Å²) < 4.78 is 12.8. The van der Waals surface area contributed by atoms with Crippen LogP contribution in [0.3, 0.4) is 0 Å². The van der Waals surface area contributed by atoms with E-state index >= 15 is 0 Å². The van der Waals surface area contributed by atoms with E-state index in [2.05, 4.69) is 15.2 Å². The zero-order chi connectivity index (χ0) is 11.7. The molecule has 2 fully saturated rings. The number of nitrogens with zero attached hydrogens (tertiary/aromatic N) is 2. The fourth-order valence-electron chi connectivity index (χ4n) is 2.48. The Morgan fingerprint density at radius 1 is 1.35 bits per heavy atom. The minimum atomic E-state index is -0.263. The summed E-state index contributed by atoms with van der Waals surface area (Å²) in [5, 5.41) is 3.57. The van der Waals surface area contributed by atoms with Crippen molar-refractivity contribution in [2.75, 3.05) is 18.0 Å². The zero-order valence-electron chi connectivity index (χ0n) is 9.90. The van der Waals surface area contributed by atoms with Crippen molar-refractivity contribution in [1.29, 1.82) is 0 Å². The second-order valence-corrected chi connectivity index (χ2v) is 5.01. The number of rotatable bonds is 4. The highest BCUT2D eigenvalue weighted by atomic mass is 19.1. The molecule has 2 aliphatic rings. The van der Waals surface area contributed by atoms with E-state index in [0.717, 1.165) is 24.9 Å². The minimum Gasteiger partial charge on any atom is -0.352 e. The maximum absolute atomic E-state index is 12.8. The van der Waals surface area contributed by atoms with E-state index in [1.165, 1.54) is 37.9 Å². The van der Waals surface area contributed by atoms with Crippen molar-refractivity contribution in [2.45, 2.75) is 37.8 Å². The van der Waals surface area contributed by atoms with Gasteiger partial charge in [-0.3, -0.25) is 0 Å². The van der Waals surface area contributed by atoms with Gasteiger partial charge in [0.1, 0.15) is 11.6 Å². The summed E-state index contributed by atoms with van der Waals surface area (Å²) in [6.45, 7) is 2.07. The first-order chi connectivity index (χ1) is 8.33. The average Bonchev–Trinajstić information content (AvgIpc) is 3.06. The van der Waals surface area contributed by atoms with Crippen LogP contribution in [0.15, 0.2) is 18.3 Å². The molecule has 1 N–H and O–H groups in total. The van der Waals surface area contributed by atoms with Crippen molar-refractivity contribution < 1.29 is 4.39 Å². The smallest absolute Gasteiger partial charge is 0.141 e. The molecule has 1 unspecified atom stereocenters. The van der Waals surface area contributed by atoms with E-state index in [9.17, 15) is 4.39 Å². The number of halogens is 1. The Balaban J connectivity index is 1.65. The van der Waals surface area contributed by atoms with Gasteiger partial charge in [0.15, 0.2) is 0 Å². The normalized spacial score (nSPS) is 24.3. The number of hydrogen-bond acceptors (Lipinski definition) is 3. The number of aromatic nitrogens is 1. The van der Waals surface area contributed by atoms with E-state index in [4.69, 9.17) is 0 Å². The lowest BCUT2D eigenvalue weighted by Gasteiger charge is -2.26. The molecule has 1 aromatic rings. The summed E-state index contributed by atoms with van der Waals surface area (Å²) in [7, 11) is 0. The van der Waals surface area contributed by atoms with Crippen LogP contribution in [0.1, 0.15) is 25.7 Å². The highest BCUT2D eigenvalue weighted by Gasteiger charge is 2.28. The molecule has 3 rings (SSSR count). The van der Waals surface area contributed by atoms with Crippen LogP contribution in [0.25, 0.3) is 0 Å². The molecular formula is C13H18FN3. The molecular weight excluding hydrogens is 217 g/mol. The fourth-order valence-corrected chi connectivity index (χ4v) is 2.48. The molecule has 1 saturated carbocycles. The second-order valence-electron chi connectivity index (χ2n) is 5.01. The average molecular weight is 235 g/mol. The maximum atomic E-state index is 12.8. The minimum absolute atomic E-state index is 0.263. The van der Waals surface area contributed by atoms with Gasteiger partial charge in [-0.25, -0.2) is 9.37 Å². The lowest BCUT2D eigenvalue weighted by atomic mass is 10.2. The van der Waals surface area contributed by atoms with Crippen LogP contribution in [0.4, 0.5) is 10.2 Å². The van der Waals surface area contributed by atoms with E-state index in [-0.39, 0.29) is 5.82 Å². The standard InChI is InChI=1S/C13H18FN3/c14-10-3-6-13(16-8-10)17-7-1-2-12(17)9-15-11-4-5-11/h3,6,8,11-12,15H,1-2,4-5,7,9H2. The van der Waals surface area contributed by atoms with Gasteiger partial charge in [0.2, 0.25) is 0 Å². The van der Waals surface area contributed by atoms with Crippen LogP contribution < -0.4 is 10.2 Å². The number of hydrogen-bond donors (Lipinski definition) is 1. The van der Waals surface area contributed by atoms with E-state index in [1.807, 2.05) is 0 Å². The molecule has 2 heterocycles. The van der Waals surface area contributed by atoms with Gasteiger partial charge in [-0.2, -0.15) is 0 Å². The van der Waals surface area contributed by atoms with Crippen LogP contribution in [-0.2, 0) is 0 Å². The molecule has 1 aromatic heterocycles. The molecule has 0 bridgehead atoms. The summed E-state index contributed by atoms with van der Waals surface area (Å²) in [5.41, 5.74) is 0. The Hall–Kier alpha value is -1.16. The Labute approximate surface area is 101 Å². The van der Waals surface area contributed by atoms with Gasteiger partial charge in [-0.15, -0.1) is 0 Å². The predicted octanol–water partition coefficient (Wildman–Crippen LogP) is 1.94. The van der Waals surface area contributed by atoms with Crippen molar-refractivity contribution in [1.82, 2.24) is 10.3 Å². The molecule has 1 aliphatic carbocycles. The Morgan fingerprint density at radius 3 is 2.94 bits per heavy atom. The van der Waals surface area contributed by atoms with Gasteiger partial charge in [-0.1, -0.05) is 0 Å². The van der Waals surface area contributed by atoms with Crippen LogP contribution >= 0.6 is 0 Å². The number of nitrogens with one attached hydrogen (secondary N) is 1. The molecule has 0 amide bonds. The second kappa shape index (κ2) is 4.61. The van der Waals surface area contributed by atoms with Crippen LogP contribution in [0.2, 0.25) is 0 Å². The summed E-state index contributed by atoms with van der Waals surface area (Å²) in [6, 6.07) is 4.55. The lowest BCUT2D eigenvalue weighted by molar-refractivity contribution is 0.567. The number of pyridine rings is 1. The highest BCUT2D eigenvalue weighted by Crippen LogP contribution is 2.25. The molecule has 0 aromatic carbocycles. The monoisotopic (exact) mass is 235 g/mol. The topological polar surface area (TPSA) is 28.2 Å². The molecule has 1 aliphatic heterocycles. The van der Waals surface area contributed by atoms with Crippen LogP contribution in [0, 0.1) is 5.82 Å². The summed E-state index contributed by atoms with van der Waals surface area (Å²) in [5.74, 6) is 0.645. The summed E-state index contributed by atoms with van der Waals surface area (Å²) in [4.78, 5) is 6.48.